The fourth-order valence-corrected chi connectivity index (χ4v) is 8.56. The number of fused-ring (bicyclic) bond motifs is 5. The molecule has 0 amide bonds. The summed E-state index contributed by atoms with van der Waals surface area (Å²) in [4.78, 5) is 13.2. The Balaban J connectivity index is 1.29. The molecule has 1 unspecified atom stereocenters. The van der Waals surface area contributed by atoms with E-state index in [1.165, 1.54) is 32.1 Å². The van der Waals surface area contributed by atoms with Gasteiger partial charge < -0.3 is 9.84 Å². The summed E-state index contributed by atoms with van der Waals surface area (Å²) in [5, 5.41) is 15.2. The topological polar surface area (TPSA) is 64.3 Å². The lowest BCUT2D eigenvalue weighted by atomic mass is 9.49. The van der Waals surface area contributed by atoms with Crippen LogP contribution in [0.3, 0.4) is 0 Å². The zero-order valence-corrected chi connectivity index (χ0v) is 18.6. The van der Waals surface area contributed by atoms with Crippen LogP contribution in [0.2, 0.25) is 0 Å². The van der Waals surface area contributed by atoms with Crippen LogP contribution in [0.1, 0.15) is 64.7 Å². The van der Waals surface area contributed by atoms with E-state index in [9.17, 15) is 9.90 Å². The van der Waals surface area contributed by atoms with Crippen molar-refractivity contribution >= 4 is 5.78 Å². The molecule has 1 heterocycles. The number of ether oxygens (including phenoxy) is 1. The first-order chi connectivity index (χ1) is 14.4. The molecule has 5 nitrogen and oxygen atoms in total. The number of methoxy groups -OCH3 is 1. The number of Topliss-reactive ketones (excluding diaryl/α,β-unsaturated/α-hetero) is 1. The number of aliphatic hydroxyl groups is 1. The van der Waals surface area contributed by atoms with Crippen LogP contribution in [-0.4, -0.2) is 40.0 Å². The molecule has 0 bridgehead atoms. The number of carbonyl (C=O) groups excluding carboxylic acids is 1. The highest BCUT2D eigenvalue weighted by Gasteiger charge is 2.58. The molecule has 1 aromatic rings. The van der Waals surface area contributed by atoms with E-state index >= 15 is 0 Å². The summed E-state index contributed by atoms with van der Waals surface area (Å²) in [7, 11) is 1.70. The van der Waals surface area contributed by atoms with E-state index in [0.29, 0.717) is 30.8 Å². The molecule has 166 valence electrons. The third-order valence-corrected chi connectivity index (χ3v) is 9.78. The Morgan fingerprint density at radius 3 is 2.73 bits per heavy atom. The normalized spacial score (nSPS) is 45.4. The van der Waals surface area contributed by atoms with Gasteiger partial charge in [0.25, 0.3) is 0 Å². The maximum Gasteiger partial charge on any atom is 0.157 e. The largest absolute Gasteiger partial charge is 0.387 e. The molecule has 0 radical (unpaired) electrons. The van der Waals surface area contributed by atoms with Gasteiger partial charge in [0.2, 0.25) is 0 Å². The lowest BCUT2D eigenvalue weighted by Crippen LogP contribution is -2.52. The fourth-order valence-electron chi connectivity index (χ4n) is 8.56. The van der Waals surface area contributed by atoms with Crippen LogP contribution in [-0.2, 0) is 16.1 Å². The van der Waals surface area contributed by atoms with Crippen LogP contribution in [0.4, 0.5) is 0 Å². The lowest BCUT2D eigenvalue weighted by Gasteiger charge is -2.57. The Labute approximate surface area is 180 Å². The molecule has 0 aromatic carbocycles. The number of rotatable bonds is 5. The van der Waals surface area contributed by atoms with Crippen molar-refractivity contribution in [1.82, 2.24) is 9.78 Å². The second-order valence-electron chi connectivity index (χ2n) is 11.2. The van der Waals surface area contributed by atoms with Crippen LogP contribution < -0.4 is 0 Å². The first-order valence-electron chi connectivity index (χ1n) is 12.1. The smallest absolute Gasteiger partial charge is 0.157 e. The molecule has 1 N–H and O–H groups in total. The second kappa shape index (κ2) is 7.74. The van der Waals surface area contributed by atoms with Crippen molar-refractivity contribution in [2.24, 2.45) is 40.9 Å². The van der Waals surface area contributed by atoms with Gasteiger partial charge in [-0.25, -0.2) is 0 Å². The van der Waals surface area contributed by atoms with Crippen LogP contribution in [0.25, 0.3) is 0 Å². The molecule has 4 aliphatic carbocycles. The molecule has 4 fully saturated rings. The maximum absolute atomic E-state index is 13.2. The molecule has 5 rings (SSSR count). The fraction of sp³-hybridized carbons (Fsp3) is 0.840. The summed E-state index contributed by atoms with van der Waals surface area (Å²) in [6.07, 6.45) is 13.9. The van der Waals surface area contributed by atoms with Gasteiger partial charge in [-0.3, -0.25) is 9.48 Å². The molecular formula is C25H38N2O3. The summed E-state index contributed by atoms with van der Waals surface area (Å²) < 4.78 is 7.11. The highest BCUT2D eigenvalue weighted by molar-refractivity contribution is 5.82. The minimum absolute atomic E-state index is 0.170. The summed E-state index contributed by atoms with van der Waals surface area (Å²) >= 11 is 0. The van der Waals surface area contributed by atoms with Gasteiger partial charge in [0.15, 0.2) is 5.78 Å². The van der Waals surface area contributed by atoms with Crippen molar-refractivity contribution in [3.8, 4) is 0 Å². The molecule has 0 aliphatic heterocycles. The predicted molar refractivity (Wildman–Crippen MR) is 115 cm³/mol. The Kier molecular flexibility index (Phi) is 5.34. The van der Waals surface area contributed by atoms with Crippen LogP contribution in [0.5, 0.6) is 0 Å². The summed E-state index contributed by atoms with van der Waals surface area (Å²) in [5.41, 5.74) is -0.437. The van der Waals surface area contributed by atoms with Gasteiger partial charge in [0.05, 0.1) is 18.8 Å². The van der Waals surface area contributed by atoms with Crippen molar-refractivity contribution in [2.75, 3.05) is 13.7 Å². The SMILES string of the molecule is COC[C@@]1(O)CC[C@@H]2[C@H](CC[C@@H]3[C@@H]2CCC2(C)[C@@H](C(=O)Cn4cccn4)CC[C@@H]32)C1. The monoisotopic (exact) mass is 414 g/mol. The third-order valence-electron chi connectivity index (χ3n) is 9.78. The summed E-state index contributed by atoms with van der Waals surface area (Å²) in [6, 6.07) is 1.90. The molecule has 8 atom stereocenters. The van der Waals surface area contributed by atoms with Gasteiger partial charge >= 0.3 is 0 Å². The second-order valence-corrected chi connectivity index (χ2v) is 11.2. The van der Waals surface area contributed by atoms with E-state index in [2.05, 4.69) is 12.0 Å². The Morgan fingerprint density at radius 2 is 1.97 bits per heavy atom. The molecule has 0 saturated heterocycles. The minimum atomic E-state index is -0.608. The molecule has 4 aliphatic rings. The van der Waals surface area contributed by atoms with Crippen molar-refractivity contribution in [2.45, 2.75) is 76.9 Å². The number of nitrogens with zero attached hydrogens (tertiary/aromatic N) is 2. The average molecular weight is 415 g/mol. The molecule has 4 saturated carbocycles. The van der Waals surface area contributed by atoms with Gasteiger partial charge in [-0.05, 0) is 98.9 Å². The van der Waals surface area contributed by atoms with Gasteiger partial charge in [-0.2, -0.15) is 5.10 Å². The average Bonchev–Trinajstić information content (AvgIpc) is 3.34. The van der Waals surface area contributed by atoms with Crippen molar-refractivity contribution in [3.05, 3.63) is 18.5 Å². The zero-order chi connectivity index (χ0) is 20.9. The maximum atomic E-state index is 13.2. The zero-order valence-electron chi connectivity index (χ0n) is 18.6. The van der Waals surface area contributed by atoms with E-state index in [4.69, 9.17) is 4.74 Å². The first kappa shape index (κ1) is 20.7. The van der Waals surface area contributed by atoms with Crippen LogP contribution in [0, 0.1) is 40.9 Å². The van der Waals surface area contributed by atoms with Gasteiger partial charge in [-0.15, -0.1) is 0 Å². The number of aromatic nitrogens is 2. The van der Waals surface area contributed by atoms with Crippen LogP contribution in [0.15, 0.2) is 18.5 Å². The highest BCUT2D eigenvalue weighted by Crippen LogP contribution is 2.64. The van der Waals surface area contributed by atoms with Gasteiger partial charge in [0.1, 0.15) is 0 Å². The molecule has 30 heavy (non-hydrogen) atoms. The van der Waals surface area contributed by atoms with E-state index in [0.717, 1.165) is 43.4 Å². The first-order valence-corrected chi connectivity index (χ1v) is 12.1. The highest BCUT2D eigenvalue weighted by atomic mass is 16.5. The molecule has 0 spiro atoms. The lowest BCUT2D eigenvalue weighted by molar-refractivity contribution is -0.136. The minimum Gasteiger partial charge on any atom is -0.387 e. The molecule has 1 aromatic heterocycles. The Bertz CT molecular complexity index is 764. The standard InChI is InChI=1S/C25H38N2O3/c1-24-10-8-19-18-9-11-25(29,16-30-2)14-17(18)4-5-20(19)21(24)6-7-22(24)23(28)15-27-13-3-12-26-27/h3,12-13,17-22,29H,4-11,14-16H2,1-2H3/t17-,18-,19-,20-,21+,22-,24?,25-/m1/s1. The summed E-state index contributed by atoms with van der Waals surface area (Å²) in [6.45, 7) is 3.33. The Morgan fingerprint density at radius 1 is 1.13 bits per heavy atom. The molecular weight excluding hydrogens is 376 g/mol. The van der Waals surface area contributed by atoms with Gasteiger partial charge in [0, 0.05) is 25.4 Å². The number of ketones is 1. The third kappa shape index (κ3) is 3.37. The van der Waals surface area contributed by atoms with Crippen molar-refractivity contribution in [3.63, 3.8) is 0 Å². The number of carbonyl (C=O) groups is 1. The molecule has 5 heteroatoms. The van der Waals surface area contributed by atoms with E-state index in [1.54, 1.807) is 18.0 Å². The van der Waals surface area contributed by atoms with Gasteiger partial charge in [-0.1, -0.05) is 6.92 Å². The number of hydrogen-bond acceptors (Lipinski definition) is 4. The number of hydrogen-bond donors (Lipinski definition) is 1. The van der Waals surface area contributed by atoms with Crippen molar-refractivity contribution in [1.29, 1.82) is 0 Å². The predicted octanol–water partition coefficient (Wildman–Crippen LogP) is 4.10. The van der Waals surface area contributed by atoms with Crippen molar-refractivity contribution < 1.29 is 14.6 Å². The van der Waals surface area contributed by atoms with Crippen LogP contribution >= 0.6 is 0 Å². The van der Waals surface area contributed by atoms with E-state index in [1.807, 2.05) is 12.3 Å². The van der Waals surface area contributed by atoms with E-state index < -0.39 is 5.60 Å². The summed E-state index contributed by atoms with van der Waals surface area (Å²) in [5.74, 6) is 4.28. The van der Waals surface area contributed by atoms with E-state index in [-0.39, 0.29) is 11.3 Å². The Hall–Kier alpha value is -1.20. The quantitative estimate of drug-likeness (QED) is 0.788.